The second kappa shape index (κ2) is 6.08. The number of amides is 2. The molecule has 2 heterocycles. The lowest BCUT2D eigenvalue weighted by Gasteiger charge is -2.39. The summed E-state index contributed by atoms with van der Waals surface area (Å²) in [6.45, 7) is 3.73. The van der Waals surface area contributed by atoms with Gasteiger partial charge in [0.1, 0.15) is 0 Å². The van der Waals surface area contributed by atoms with Crippen molar-refractivity contribution in [2.24, 2.45) is 0 Å². The molecule has 9 heteroatoms. The summed E-state index contributed by atoms with van der Waals surface area (Å²) >= 11 is 0. The summed E-state index contributed by atoms with van der Waals surface area (Å²) in [7, 11) is 3.90. The van der Waals surface area contributed by atoms with E-state index in [2.05, 4.69) is 15.6 Å². The molecule has 2 rings (SSSR count). The number of nitrogens with one attached hydrogen (secondary N) is 1. The number of hydrogen-bond acceptors (Lipinski definition) is 5. The van der Waals surface area contributed by atoms with E-state index in [0.717, 1.165) is 6.54 Å². The number of likely N-dealkylation sites (N-methyl/N-ethyl adjacent to an activating group) is 1. The molecule has 1 atom stereocenters. The number of aromatic nitrogens is 3. The zero-order chi connectivity index (χ0) is 15.6. The average Bonchev–Trinajstić information content (AvgIpc) is 2.74. The van der Waals surface area contributed by atoms with E-state index in [1.807, 2.05) is 25.9 Å². The lowest BCUT2D eigenvalue weighted by molar-refractivity contribution is 0.0690. The van der Waals surface area contributed by atoms with Crippen LogP contribution >= 0.6 is 0 Å². The van der Waals surface area contributed by atoms with E-state index in [0.29, 0.717) is 13.1 Å². The van der Waals surface area contributed by atoms with Gasteiger partial charge in [-0.3, -0.25) is 0 Å². The van der Waals surface area contributed by atoms with Gasteiger partial charge in [0.25, 0.3) is 0 Å². The lowest BCUT2D eigenvalue weighted by atomic mass is 10.1. The monoisotopic (exact) mass is 296 g/mol. The van der Waals surface area contributed by atoms with Crippen molar-refractivity contribution in [1.29, 1.82) is 0 Å². The summed E-state index contributed by atoms with van der Waals surface area (Å²) in [6.07, 6.45) is 1.39. The first-order valence-electron chi connectivity index (χ1n) is 6.72. The molecule has 0 aliphatic carbocycles. The first-order chi connectivity index (χ1) is 9.86. The maximum absolute atomic E-state index is 12.0. The minimum Gasteiger partial charge on any atom is -0.476 e. The maximum Gasteiger partial charge on any atom is 0.358 e. The predicted molar refractivity (Wildman–Crippen MR) is 74.1 cm³/mol. The minimum atomic E-state index is -1.10. The molecule has 21 heavy (non-hydrogen) atoms. The van der Waals surface area contributed by atoms with Gasteiger partial charge in [0.05, 0.1) is 12.2 Å². The molecule has 1 aromatic rings. The Labute approximate surface area is 122 Å². The van der Waals surface area contributed by atoms with E-state index in [4.69, 9.17) is 5.11 Å². The second-order valence-electron chi connectivity index (χ2n) is 5.56. The fourth-order valence-electron chi connectivity index (χ4n) is 2.24. The molecule has 1 aliphatic rings. The molecule has 1 fully saturated rings. The number of carboxylic acid groups (broad SMARTS) is 1. The normalized spacial score (nSPS) is 16.7. The Kier molecular flexibility index (Phi) is 4.41. The highest BCUT2D eigenvalue weighted by Gasteiger charge is 2.33. The Morgan fingerprint density at radius 1 is 1.52 bits per heavy atom. The Hall–Kier alpha value is -2.16. The first-order valence-corrected chi connectivity index (χ1v) is 6.72. The number of rotatable bonds is 5. The molecular formula is C12H20N6O3. The summed E-state index contributed by atoms with van der Waals surface area (Å²) in [5.41, 5.74) is -0.0856. The van der Waals surface area contributed by atoms with Crippen molar-refractivity contribution in [2.45, 2.75) is 19.0 Å². The van der Waals surface area contributed by atoms with Crippen molar-refractivity contribution in [3.05, 3.63) is 11.9 Å². The third-order valence-electron chi connectivity index (χ3n) is 3.26. The highest BCUT2D eigenvalue weighted by Crippen LogP contribution is 2.20. The number of carboxylic acids is 1. The van der Waals surface area contributed by atoms with E-state index < -0.39 is 5.97 Å². The Bertz CT molecular complexity index is 523. The molecule has 2 amide bonds. The van der Waals surface area contributed by atoms with Gasteiger partial charge in [-0.25, -0.2) is 14.3 Å². The number of carbonyl (C=O) groups is 2. The summed E-state index contributed by atoms with van der Waals surface area (Å²) in [5.74, 6) is -1.10. The van der Waals surface area contributed by atoms with Gasteiger partial charge in [0.2, 0.25) is 0 Å². The van der Waals surface area contributed by atoms with Crippen molar-refractivity contribution in [3.63, 3.8) is 0 Å². The number of urea groups is 1. The van der Waals surface area contributed by atoms with Crippen molar-refractivity contribution < 1.29 is 14.7 Å². The van der Waals surface area contributed by atoms with Crippen LogP contribution in [0.15, 0.2) is 6.20 Å². The number of aromatic carboxylic acids is 1. The fourth-order valence-corrected chi connectivity index (χ4v) is 2.24. The standard InChI is InChI=1S/C12H20N6O3/c1-8(4-16(2)3)13-12(21)17-5-9(6-17)18-7-10(11(19)20)14-15-18/h7-9H,4-6H2,1-3H3,(H,13,21)(H,19,20). The van der Waals surface area contributed by atoms with Crippen LogP contribution in [0.5, 0.6) is 0 Å². The van der Waals surface area contributed by atoms with Gasteiger partial charge in [-0.2, -0.15) is 0 Å². The molecule has 0 radical (unpaired) electrons. The molecule has 116 valence electrons. The molecule has 1 saturated heterocycles. The number of carbonyl (C=O) groups excluding carboxylic acids is 1. The van der Waals surface area contributed by atoms with Gasteiger partial charge in [-0.1, -0.05) is 5.21 Å². The molecule has 0 spiro atoms. The molecule has 2 N–H and O–H groups in total. The average molecular weight is 296 g/mol. The smallest absolute Gasteiger partial charge is 0.358 e. The molecule has 1 aromatic heterocycles. The van der Waals surface area contributed by atoms with E-state index in [1.54, 1.807) is 4.90 Å². The summed E-state index contributed by atoms with van der Waals surface area (Å²) in [4.78, 5) is 26.4. The van der Waals surface area contributed by atoms with Crippen molar-refractivity contribution in [3.8, 4) is 0 Å². The van der Waals surface area contributed by atoms with Crippen LogP contribution in [-0.2, 0) is 0 Å². The van der Waals surface area contributed by atoms with Gasteiger partial charge in [0.15, 0.2) is 5.69 Å². The molecule has 1 aliphatic heterocycles. The van der Waals surface area contributed by atoms with Gasteiger partial charge >= 0.3 is 12.0 Å². The van der Waals surface area contributed by atoms with Gasteiger partial charge < -0.3 is 20.2 Å². The van der Waals surface area contributed by atoms with Crippen molar-refractivity contribution >= 4 is 12.0 Å². The number of nitrogens with zero attached hydrogens (tertiary/aromatic N) is 5. The zero-order valence-corrected chi connectivity index (χ0v) is 12.4. The molecule has 9 nitrogen and oxygen atoms in total. The predicted octanol–water partition coefficient (Wildman–Crippen LogP) is -0.507. The van der Waals surface area contributed by atoms with Crippen LogP contribution in [0.1, 0.15) is 23.5 Å². The van der Waals surface area contributed by atoms with Crippen LogP contribution < -0.4 is 5.32 Å². The largest absolute Gasteiger partial charge is 0.476 e. The van der Waals surface area contributed by atoms with Crippen LogP contribution in [0.25, 0.3) is 0 Å². The van der Waals surface area contributed by atoms with Gasteiger partial charge in [-0.05, 0) is 21.0 Å². The van der Waals surface area contributed by atoms with Crippen LogP contribution in [0.3, 0.4) is 0 Å². The minimum absolute atomic E-state index is 0.0134. The van der Waals surface area contributed by atoms with Crippen molar-refractivity contribution in [1.82, 2.24) is 30.1 Å². The topological polar surface area (TPSA) is 104 Å². The maximum atomic E-state index is 12.0. The summed E-state index contributed by atoms with van der Waals surface area (Å²) in [6, 6.07) is -0.0591. The molecule has 1 unspecified atom stereocenters. The lowest BCUT2D eigenvalue weighted by Crippen LogP contribution is -2.56. The zero-order valence-electron chi connectivity index (χ0n) is 12.4. The van der Waals surface area contributed by atoms with E-state index in [1.165, 1.54) is 10.9 Å². The van der Waals surface area contributed by atoms with Crippen LogP contribution in [0.2, 0.25) is 0 Å². The summed E-state index contributed by atoms with van der Waals surface area (Å²) in [5, 5.41) is 19.0. The van der Waals surface area contributed by atoms with E-state index in [9.17, 15) is 9.59 Å². The SMILES string of the molecule is CC(CN(C)C)NC(=O)N1CC(n2cc(C(=O)O)nn2)C1. The Morgan fingerprint density at radius 2 is 2.19 bits per heavy atom. The molecule has 0 bridgehead atoms. The van der Waals surface area contributed by atoms with Crippen LogP contribution in [0.4, 0.5) is 4.79 Å². The Balaban J connectivity index is 1.80. The number of hydrogen-bond donors (Lipinski definition) is 2. The van der Waals surface area contributed by atoms with Gasteiger partial charge in [0, 0.05) is 25.7 Å². The molecular weight excluding hydrogens is 276 g/mol. The molecule has 0 aromatic carbocycles. The van der Waals surface area contributed by atoms with E-state index in [-0.39, 0.29) is 23.8 Å². The quantitative estimate of drug-likeness (QED) is 0.758. The Morgan fingerprint density at radius 3 is 2.71 bits per heavy atom. The van der Waals surface area contributed by atoms with Gasteiger partial charge in [-0.15, -0.1) is 5.10 Å². The highest BCUT2D eigenvalue weighted by atomic mass is 16.4. The number of likely N-dealkylation sites (tertiary alicyclic amines) is 1. The third kappa shape index (κ3) is 3.69. The van der Waals surface area contributed by atoms with E-state index >= 15 is 0 Å². The third-order valence-corrected chi connectivity index (χ3v) is 3.26. The van der Waals surface area contributed by atoms with Crippen molar-refractivity contribution in [2.75, 3.05) is 33.7 Å². The van der Waals surface area contributed by atoms with Crippen LogP contribution in [0, 0.1) is 0 Å². The fraction of sp³-hybridized carbons (Fsp3) is 0.667. The van der Waals surface area contributed by atoms with Crippen LogP contribution in [-0.4, -0.2) is 81.7 Å². The second-order valence-corrected chi connectivity index (χ2v) is 5.56. The first kappa shape index (κ1) is 15.2. The molecule has 0 saturated carbocycles. The highest BCUT2D eigenvalue weighted by molar-refractivity contribution is 5.84. The summed E-state index contributed by atoms with van der Waals surface area (Å²) < 4.78 is 1.50.